The van der Waals surface area contributed by atoms with E-state index in [1.807, 2.05) is 14.0 Å². The lowest BCUT2D eigenvalue weighted by atomic mass is 9.67. The summed E-state index contributed by atoms with van der Waals surface area (Å²) in [7, 11) is 1.99. The van der Waals surface area contributed by atoms with Crippen LogP contribution in [0.3, 0.4) is 0 Å². The molecule has 1 atom stereocenters. The van der Waals surface area contributed by atoms with Gasteiger partial charge in [0.1, 0.15) is 0 Å². The van der Waals surface area contributed by atoms with Crippen molar-refractivity contribution < 1.29 is 15.0 Å². The summed E-state index contributed by atoms with van der Waals surface area (Å²) in [5.74, 6) is -0.892. The van der Waals surface area contributed by atoms with Gasteiger partial charge in [-0.05, 0) is 33.2 Å². The van der Waals surface area contributed by atoms with Crippen molar-refractivity contribution in [2.45, 2.75) is 38.7 Å². The number of carboxylic acid groups (broad SMARTS) is 1. The predicted octanol–water partition coefficient (Wildman–Crippen LogP) is 0.944. The van der Waals surface area contributed by atoms with E-state index in [2.05, 4.69) is 4.90 Å². The van der Waals surface area contributed by atoms with E-state index in [1.54, 1.807) is 6.92 Å². The summed E-state index contributed by atoms with van der Waals surface area (Å²) in [6.07, 6.45) is 1.54. The van der Waals surface area contributed by atoms with Gasteiger partial charge >= 0.3 is 5.97 Å². The van der Waals surface area contributed by atoms with Gasteiger partial charge in [-0.25, -0.2) is 0 Å². The van der Waals surface area contributed by atoms with Crippen molar-refractivity contribution in [1.29, 1.82) is 0 Å². The van der Waals surface area contributed by atoms with Crippen molar-refractivity contribution in [2.24, 2.45) is 5.41 Å². The highest BCUT2D eigenvalue weighted by Gasteiger charge is 2.51. The van der Waals surface area contributed by atoms with Crippen LogP contribution < -0.4 is 0 Å². The maximum atomic E-state index is 11.3. The monoisotopic (exact) mass is 215 g/mol. The molecule has 0 saturated carbocycles. The fourth-order valence-corrected chi connectivity index (χ4v) is 2.22. The lowest BCUT2D eigenvalue weighted by Crippen LogP contribution is -2.56. The summed E-state index contributed by atoms with van der Waals surface area (Å²) in [6, 6.07) is 0. The molecule has 0 aliphatic carbocycles. The van der Waals surface area contributed by atoms with Crippen molar-refractivity contribution in [3.8, 4) is 0 Å². The molecule has 1 fully saturated rings. The minimum Gasteiger partial charge on any atom is -0.481 e. The topological polar surface area (TPSA) is 60.8 Å². The van der Waals surface area contributed by atoms with Gasteiger partial charge in [-0.3, -0.25) is 4.79 Å². The van der Waals surface area contributed by atoms with Crippen LogP contribution in [-0.2, 0) is 4.79 Å². The standard InChI is InChI=1S/C11H21NO3/c1-4-10(2,9(13)14)11(15)5-7-12(3)8-6-11/h15H,4-8H2,1-3H3,(H,13,14). The third-order valence-corrected chi connectivity index (χ3v) is 4.02. The number of likely N-dealkylation sites (tertiary alicyclic amines) is 1. The number of carboxylic acids is 1. The Kier molecular flexibility index (Phi) is 3.41. The molecule has 0 aromatic heterocycles. The summed E-state index contributed by atoms with van der Waals surface area (Å²) in [5, 5.41) is 19.7. The lowest BCUT2D eigenvalue weighted by molar-refractivity contribution is -0.174. The van der Waals surface area contributed by atoms with E-state index in [-0.39, 0.29) is 0 Å². The zero-order valence-corrected chi connectivity index (χ0v) is 9.79. The van der Waals surface area contributed by atoms with Gasteiger partial charge in [-0.1, -0.05) is 6.92 Å². The highest BCUT2D eigenvalue weighted by Crippen LogP contribution is 2.41. The average Bonchev–Trinajstić information content (AvgIpc) is 2.21. The first-order valence-corrected chi connectivity index (χ1v) is 5.50. The highest BCUT2D eigenvalue weighted by atomic mass is 16.4. The molecule has 0 radical (unpaired) electrons. The Labute approximate surface area is 90.9 Å². The summed E-state index contributed by atoms with van der Waals surface area (Å²) in [4.78, 5) is 13.4. The Morgan fingerprint density at radius 2 is 1.93 bits per heavy atom. The smallest absolute Gasteiger partial charge is 0.312 e. The van der Waals surface area contributed by atoms with E-state index in [0.29, 0.717) is 19.3 Å². The van der Waals surface area contributed by atoms with Gasteiger partial charge in [0.2, 0.25) is 0 Å². The second-order valence-corrected chi connectivity index (χ2v) is 4.83. The molecule has 0 bridgehead atoms. The minimum absolute atomic E-state index is 0.461. The minimum atomic E-state index is -1.06. The Morgan fingerprint density at radius 3 is 2.27 bits per heavy atom. The molecule has 0 spiro atoms. The zero-order valence-electron chi connectivity index (χ0n) is 9.79. The van der Waals surface area contributed by atoms with Crippen LogP contribution in [-0.4, -0.2) is 46.8 Å². The van der Waals surface area contributed by atoms with Gasteiger partial charge < -0.3 is 15.1 Å². The van der Waals surface area contributed by atoms with E-state index in [0.717, 1.165) is 13.1 Å². The second kappa shape index (κ2) is 4.10. The first kappa shape index (κ1) is 12.5. The van der Waals surface area contributed by atoms with Crippen LogP contribution in [0.4, 0.5) is 0 Å². The third kappa shape index (κ3) is 2.01. The second-order valence-electron chi connectivity index (χ2n) is 4.83. The normalized spacial score (nSPS) is 25.9. The maximum absolute atomic E-state index is 11.3. The Balaban J connectivity index is 2.88. The fraction of sp³-hybridized carbons (Fsp3) is 0.909. The van der Waals surface area contributed by atoms with E-state index in [9.17, 15) is 15.0 Å². The quantitative estimate of drug-likeness (QED) is 0.735. The molecule has 4 nitrogen and oxygen atoms in total. The molecule has 0 amide bonds. The van der Waals surface area contributed by atoms with Gasteiger partial charge in [0.05, 0.1) is 11.0 Å². The largest absolute Gasteiger partial charge is 0.481 e. The summed E-state index contributed by atoms with van der Waals surface area (Å²) < 4.78 is 0. The van der Waals surface area contributed by atoms with Crippen molar-refractivity contribution in [2.75, 3.05) is 20.1 Å². The molecule has 0 aromatic carbocycles. The molecule has 1 heterocycles. The van der Waals surface area contributed by atoms with E-state index in [1.165, 1.54) is 0 Å². The van der Waals surface area contributed by atoms with Crippen LogP contribution in [0, 0.1) is 5.41 Å². The van der Waals surface area contributed by atoms with Gasteiger partial charge in [0.25, 0.3) is 0 Å². The molecule has 1 saturated heterocycles. The lowest BCUT2D eigenvalue weighted by Gasteiger charge is -2.46. The molecule has 88 valence electrons. The predicted molar refractivity (Wildman–Crippen MR) is 57.7 cm³/mol. The summed E-state index contributed by atoms with van der Waals surface area (Å²) in [6.45, 7) is 5.00. The number of hydrogen-bond acceptors (Lipinski definition) is 3. The van der Waals surface area contributed by atoms with Gasteiger partial charge in [-0.2, -0.15) is 0 Å². The molecule has 15 heavy (non-hydrogen) atoms. The molecule has 1 aliphatic heterocycles. The number of aliphatic hydroxyl groups is 1. The molecule has 1 rings (SSSR count). The molecule has 1 aliphatic rings. The number of piperidine rings is 1. The van der Waals surface area contributed by atoms with Crippen molar-refractivity contribution in [3.63, 3.8) is 0 Å². The fourth-order valence-electron chi connectivity index (χ4n) is 2.22. The maximum Gasteiger partial charge on any atom is 0.312 e. The Morgan fingerprint density at radius 1 is 1.47 bits per heavy atom. The van der Waals surface area contributed by atoms with E-state index >= 15 is 0 Å². The summed E-state index contributed by atoms with van der Waals surface area (Å²) >= 11 is 0. The zero-order chi connectivity index (χ0) is 11.7. The number of hydrogen-bond donors (Lipinski definition) is 2. The van der Waals surface area contributed by atoms with E-state index < -0.39 is 17.0 Å². The molecular formula is C11H21NO3. The van der Waals surface area contributed by atoms with Crippen molar-refractivity contribution >= 4 is 5.97 Å². The average molecular weight is 215 g/mol. The van der Waals surface area contributed by atoms with Crippen LogP contribution in [0.25, 0.3) is 0 Å². The van der Waals surface area contributed by atoms with Gasteiger partial charge in [0.15, 0.2) is 0 Å². The third-order valence-electron chi connectivity index (χ3n) is 4.02. The Hall–Kier alpha value is -0.610. The van der Waals surface area contributed by atoms with E-state index in [4.69, 9.17) is 0 Å². The molecule has 2 N–H and O–H groups in total. The SMILES string of the molecule is CCC(C)(C(=O)O)C1(O)CCN(C)CC1. The Bertz CT molecular complexity index is 246. The number of aliphatic carboxylic acids is 1. The highest BCUT2D eigenvalue weighted by molar-refractivity contribution is 5.75. The molecular weight excluding hydrogens is 194 g/mol. The number of carbonyl (C=O) groups is 1. The van der Waals surface area contributed by atoms with Crippen molar-refractivity contribution in [1.82, 2.24) is 4.90 Å². The van der Waals surface area contributed by atoms with Crippen LogP contribution in [0.5, 0.6) is 0 Å². The van der Waals surface area contributed by atoms with Crippen LogP contribution in [0.15, 0.2) is 0 Å². The molecule has 1 unspecified atom stereocenters. The van der Waals surface area contributed by atoms with Crippen molar-refractivity contribution in [3.05, 3.63) is 0 Å². The molecule has 4 heteroatoms. The number of nitrogens with zero attached hydrogens (tertiary/aromatic N) is 1. The van der Waals surface area contributed by atoms with Crippen LogP contribution in [0.2, 0.25) is 0 Å². The van der Waals surface area contributed by atoms with Gasteiger partial charge in [0, 0.05) is 13.1 Å². The first-order chi connectivity index (χ1) is 6.85. The van der Waals surface area contributed by atoms with Crippen LogP contribution >= 0.6 is 0 Å². The molecule has 0 aromatic rings. The number of rotatable bonds is 3. The summed E-state index contributed by atoms with van der Waals surface area (Å²) in [5.41, 5.74) is -2.08. The first-order valence-electron chi connectivity index (χ1n) is 5.50. The van der Waals surface area contributed by atoms with Crippen LogP contribution in [0.1, 0.15) is 33.1 Å². The van der Waals surface area contributed by atoms with Gasteiger partial charge in [-0.15, -0.1) is 0 Å².